The Labute approximate surface area is 246 Å². The van der Waals surface area contributed by atoms with Gasteiger partial charge in [-0.1, -0.05) is 35.3 Å². The number of morpholine rings is 1. The molecule has 3 aromatic carbocycles. The summed E-state index contributed by atoms with van der Waals surface area (Å²) < 4.78 is 58.8. The average Bonchev–Trinajstić information content (AvgIpc) is 3.40. The summed E-state index contributed by atoms with van der Waals surface area (Å²) in [5.41, 5.74) is 1.57. The van der Waals surface area contributed by atoms with Gasteiger partial charge in [0.15, 0.2) is 0 Å². The molecule has 5 rings (SSSR count). The molecule has 0 saturated carbocycles. The Morgan fingerprint density at radius 3 is 2.32 bits per heavy atom. The number of amides is 1. The predicted octanol–water partition coefficient (Wildman–Crippen LogP) is 6.73. The molecule has 2 aliphatic heterocycles. The maximum Gasteiger partial charge on any atom is 0.419 e. The van der Waals surface area contributed by atoms with E-state index in [2.05, 4.69) is 4.90 Å². The maximum atomic E-state index is 14.3. The van der Waals surface area contributed by atoms with Gasteiger partial charge in [-0.25, -0.2) is 4.39 Å². The molecule has 2 saturated heterocycles. The van der Waals surface area contributed by atoms with Crippen molar-refractivity contribution in [3.8, 4) is 0 Å². The van der Waals surface area contributed by atoms with Crippen LogP contribution in [0.1, 0.15) is 33.0 Å². The van der Waals surface area contributed by atoms with Crippen LogP contribution in [0.2, 0.25) is 10.0 Å². The predicted molar refractivity (Wildman–Crippen MR) is 151 cm³/mol. The molecule has 41 heavy (non-hydrogen) atoms. The molecule has 2 fully saturated rings. The van der Waals surface area contributed by atoms with Gasteiger partial charge in [0.05, 0.1) is 28.8 Å². The van der Waals surface area contributed by atoms with Crippen LogP contribution in [0, 0.1) is 5.82 Å². The summed E-state index contributed by atoms with van der Waals surface area (Å²) in [6, 6.07) is 15.6. The maximum absolute atomic E-state index is 14.3. The van der Waals surface area contributed by atoms with E-state index in [0.717, 1.165) is 36.5 Å². The number of halogens is 6. The molecule has 218 valence electrons. The monoisotopic (exact) mass is 609 g/mol. The summed E-state index contributed by atoms with van der Waals surface area (Å²) in [7, 11) is 1.82. The molecule has 11 heteroatoms. The topological polar surface area (TPSA) is 36.0 Å². The van der Waals surface area contributed by atoms with Gasteiger partial charge in [0.2, 0.25) is 0 Å². The SMILES string of the molecule is CN(Cc1ccc(C(F)(F)F)c(F)c1)C1CN(C(=O)c2ccc(N3CCOCC3)cc2)C[C@@H]1c1ccc(Cl)c(Cl)c1. The molecular weight excluding hydrogens is 581 g/mol. The fourth-order valence-corrected chi connectivity index (χ4v) is 5.89. The number of likely N-dealkylation sites (N-methyl/N-ethyl adjacent to an activating group) is 1. The Bertz CT molecular complexity index is 1400. The molecule has 2 aliphatic rings. The van der Waals surface area contributed by atoms with Crippen molar-refractivity contribution in [2.75, 3.05) is 51.3 Å². The summed E-state index contributed by atoms with van der Waals surface area (Å²) in [4.78, 5) is 19.5. The fourth-order valence-electron chi connectivity index (χ4n) is 5.58. The Hall–Kier alpha value is -2.85. The highest BCUT2D eigenvalue weighted by atomic mass is 35.5. The van der Waals surface area contributed by atoms with E-state index in [4.69, 9.17) is 27.9 Å². The van der Waals surface area contributed by atoms with Gasteiger partial charge >= 0.3 is 6.18 Å². The highest BCUT2D eigenvalue weighted by molar-refractivity contribution is 6.42. The van der Waals surface area contributed by atoms with Crippen molar-refractivity contribution in [3.63, 3.8) is 0 Å². The molecule has 2 heterocycles. The van der Waals surface area contributed by atoms with E-state index in [9.17, 15) is 22.4 Å². The molecule has 0 spiro atoms. The molecule has 0 radical (unpaired) electrons. The number of alkyl halides is 3. The second-order valence-corrected chi connectivity index (χ2v) is 11.2. The minimum atomic E-state index is -4.76. The Morgan fingerprint density at radius 1 is 0.976 bits per heavy atom. The number of hydrogen-bond acceptors (Lipinski definition) is 4. The summed E-state index contributed by atoms with van der Waals surface area (Å²) in [6.07, 6.45) is -4.76. The van der Waals surface area contributed by atoms with Crippen molar-refractivity contribution in [1.29, 1.82) is 0 Å². The van der Waals surface area contributed by atoms with Crippen LogP contribution in [0.5, 0.6) is 0 Å². The van der Waals surface area contributed by atoms with Gasteiger partial charge in [-0.2, -0.15) is 13.2 Å². The number of carbonyl (C=O) groups excluding carboxylic acids is 1. The number of benzene rings is 3. The first-order valence-electron chi connectivity index (χ1n) is 13.2. The van der Waals surface area contributed by atoms with Crippen molar-refractivity contribution < 1.29 is 27.1 Å². The van der Waals surface area contributed by atoms with Crippen molar-refractivity contribution in [2.45, 2.75) is 24.7 Å². The van der Waals surface area contributed by atoms with Crippen LogP contribution >= 0.6 is 23.2 Å². The van der Waals surface area contributed by atoms with Gasteiger partial charge in [0, 0.05) is 55.9 Å². The standard InChI is InChI=1S/C30H29Cl2F4N3O2/c1-37(16-19-2-8-24(27(33)14-19)30(34,35)36)28-18-39(17-23(28)21-5-9-25(31)26(32)15-21)29(40)20-3-6-22(7-4-20)38-10-12-41-13-11-38/h2-9,14-15,23,28H,10-13,16-18H2,1H3/t23-,28?/m1/s1. The molecule has 2 atom stereocenters. The first-order chi connectivity index (χ1) is 19.5. The summed E-state index contributed by atoms with van der Waals surface area (Å²) in [6.45, 7) is 3.88. The highest BCUT2D eigenvalue weighted by Crippen LogP contribution is 2.36. The minimum absolute atomic E-state index is 0.125. The molecule has 0 aromatic heterocycles. The van der Waals surface area contributed by atoms with Crippen molar-refractivity contribution in [2.24, 2.45) is 0 Å². The zero-order chi connectivity index (χ0) is 29.3. The Balaban J connectivity index is 1.37. The third-order valence-corrected chi connectivity index (χ3v) is 8.51. The van der Waals surface area contributed by atoms with Crippen molar-refractivity contribution >= 4 is 34.8 Å². The van der Waals surface area contributed by atoms with Crippen LogP contribution in [0.25, 0.3) is 0 Å². The molecule has 0 N–H and O–H groups in total. The van der Waals surface area contributed by atoms with Crippen molar-refractivity contribution in [3.05, 3.63) is 98.8 Å². The largest absolute Gasteiger partial charge is 0.419 e. The lowest BCUT2D eigenvalue weighted by Crippen LogP contribution is -2.38. The molecule has 0 aliphatic carbocycles. The molecular formula is C30H29Cl2F4N3O2. The minimum Gasteiger partial charge on any atom is -0.378 e. The van der Waals surface area contributed by atoms with Crippen molar-refractivity contribution in [1.82, 2.24) is 9.80 Å². The van der Waals surface area contributed by atoms with E-state index in [0.29, 0.717) is 47.5 Å². The summed E-state index contributed by atoms with van der Waals surface area (Å²) in [5, 5.41) is 0.797. The van der Waals surface area contributed by atoms with Crippen LogP contribution in [0.15, 0.2) is 60.7 Å². The van der Waals surface area contributed by atoms with Gasteiger partial charge in [-0.3, -0.25) is 9.69 Å². The number of hydrogen-bond donors (Lipinski definition) is 0. The van der Waals surface area contributed by atoms with E-state index < -0.39 is 17.6 Å². The fraction of sp³-hybridized carbons (Fsp3) is 0.367. The number of anilines is 1. The van der Waals surface area contributed by atoms with E-state index >= 15 is 0 Å². The van der Waals surface area contributed by atoms with Gasteiger partial charge < -0.3 is 14.5 Å². The lowest BCUT2D eigenvalue weighted by atomic mass is 9.93. The summed E-state index contributed by atoms with van der Waals surface area (Å²) >= 11 is 12.5. The van der Waals surface area contributed by atoms with Gasteiger partial charge in [-0.05, 0) is 66.7 Å². The number of nitrogens with zero attached hydrogens (tertiary/aromatic N) is 3. The van der Waals surface area contributed by atoms with Crippen LogP contribution in [0.4, 0.5) is 23.2 Å². The third kappa shape index (κ3) is 6.64. The molecule has 3 aromatic rings. The lowest BCUT2D eigenvalue weighted by molar-refractivity contribution is -0.140. The highest BCUT2D eigenvalue weighted by Gasteiger charge is 2.39. The lowest BCUT2D eigenvalue weighted by Gasteiger charge is -2.29. The number of likely N-dealkylation sites (tertiary alicyclic amines) is 1. The van der Waals surface area contributed by atoms with Gasteiger partial charge in [0.1, 0.15) is 5.82 Å². The zero-order valence-corrected chi connectivity index (χ0v) is 23.8. The van der Waals surface area contributed by atoms with Gasteiger partial charge in [0.25, 0.3) is 5.91 Å². The Kier molecular flexibility index (Phi) is 8.80. The number of carbonyl (C=O) groups is 1. The quantitative estimate of drug-likeness (QED) is 0.290. The third-order valence-electron chi connectivity index (χ3n) is 7.78. The second-order valence-electron chi connectivity index (χ2n) is 10.4. The van der Waals surface area contributed by atoms with E-state index in [1.165, 1.54) is 6.07 Å². The van der Waals surface area contributed by atoms with E-state index in [1.807, 2.05) is 42.3 Å². The number of rotatable bonds is 6. The van der Waals surface area contributed by atoms with Crippen LogP contribution in [0.3, 0.4) is 0 Å². The first-order valence-corrected chi connectivity index (χ1v) is 14.0. The van der Waals surface area contributed by atoms with Gasteiger partial charge in [-0.15, -0.1) is 0 Å². The van der Waals surface area contributed by atoms with E-state index in [1.54, 1.807) is 17.0 Å². The van der Waals surface area contributed by atoms with E-state index in [-0.39, 0.29) is 24.4 Å². The molecule has 0 bridgehead atoms. The first kappa shape index (κ1) is 29.6. The second kappa shape index (κ2) is 12.2. The smallest absolute Gasteiger partial charge is 0.378 e. The normalized spacial score (nSPS) is 19.7. The average molecular weight is 610 g/mol. The van der Waals surface area contributed by atoms with Crippen LogP contribution < -0.4 is 4.90 Å². The van der Waals surface area contributed by atoms with Crippen LogP contribution in [-0.2, 0) is 17.5 Å². The van der Waals surface area contributed by atoms with Crippen LogP contribution in [-0.4, -0.2) is 68.2 Å². The molecule has 1 unspecified atom stereocenters. The molecule has 1 amide bonds. The summed E-state index contributed by atoms with van der Waals surface area (Å²) in [5.74, 6) is -1.60. The number of ether oxygens (including phenoxy) is 1. The molecule has 5 nitrogen and oxygen atoms in total. The zero-order valence-electron chi connectivity index (χ0n) is 22.3. The Morgan fingerprint density at radius 2 is 1.68 bits per heavy atom.